The number of hydrogen-bond donors (Lipinski definition) is 1. The first-order valence-corrected chi connectivity index (χ1v) is 11.0. The van der Waals surface area contributed by atoms with E-state index in [4.69, 9.17) is 28.6 Å². The lowest BCUT2D eigenvalue weighted by Gasteiger charge is -1.97. The molecule has 0 saturated heterocycles. The van der Waals surface area contributed by atoms with Gasteiger partial charge >= 0.3 is 0 Å². The van der Waals surface area contributed by atoms with Gasteiger partial charge in [0.25, 0.3) is 0 Å². The second kappa shape index (κ2) is 9.83. The number of thiophene rings is 2. The highest BCUT2D eigenvalue weighted by Crippen LogP contribution is 2.28. The lowest BCUT2D eigenvalue weighted by Crippen LogP contribution is -2.06. The number of benzene rings is 2. The number of aliphatic imine (C=N–C) groups is 2. The SMILES string of the molecule is Cl.N=C(CN=Cc1csc2ccc(Cl)cc12)CN=Cc1csc2ccc(Cl)cc12. The van der Waals surface area contributed by atoms with E-state index in [1.165, 1.54) is 9.40 Å². The standard InChI is InChI=1S/C21H15Cl2N3S2.ClH/c22-15-1-3-20-18(5-15)13(11-27-20)7-25-9-17(24)10-26-8-14-12-28-21-4-2-16(23)6-19(14)21;/h1-8,11-12,24H,9-10H2;1H. The molecule has 0 saturated carbocycles. The molecular formula is C21H16Cl3N3S2. The summed E-state index contributed by atoms with van der Waals surface area (Å²) in [6.45, 7) is 0.650. The van der Waals surface area contributed by atoms with E-state index < -0.39 is 0 Å². The molecule has 0 aliphatic rings. The van der Waals surface area contributed by atoms with Crippen LogP contribution in [-0.4, -0.2) is 31.2 Å². The van der Waals surface area contributed by atoms with Crippen LogP contribution in [0.4, 0.5) is 0 Å². The minimum absolute atomic E-state index is 0. The predicted molar refractivity (Wildman–Crippen MR) is 134 cm³/mol. The van der Waals surface area contributed by atoms with Crippen LogP contribution >= 0.6 is 58.3 Å². The highest BCUT2D eigenvalue weighted by molar-refractivity contribution is 7.17. The summed E-state index contributed by atoms with van der Waals surface area (Å²) in [6, 6.07) is 11.7. The fraction of sp³-hybridized carbons (Fsp3) is 0.0952. The largest absolute Gasteiger partial charge is 0.306 e. The van der Waals surface area contributed by atoms with Gasteiger partial charge in [0, 0.05) is 64.5 Å². The minimum Gasteiger partial charge on any atom is -0.306 e. The zero-order chi connectivity index (χ0) is 19.5. The Morgan fingerprint density at radius 1 is 0.828 bits per heavy atom. The van der Waals surface area contributed by atoms with E-state index in [1.54, 1.807) is 22.7 Å². The van der Waals surface area contributed by atoms with Gasteiger partial charge in [-0.25, -0.2) is 0 Å². The van der Waals surface area contributed by atoms with Crippen LogP contribution in [-0.2, 0) is 0 Å². The highest BCUT2D eigenvalue weighted by Gasteiger charge is 2.04. The van der Waals surface area contributed by atoms with Crippen molar-refractivity contribution in [3.8, 4) is 0 Å². The van der Waals surface area contributed by atoms with Crippen LogP contribution in [0.2, 0.25) is 10.0 Å². The third-order valence-electron chi connectivity index (χ3n) is 4.16. The molecule has 2 aromatic carbocycles. The van der Waals surface area contributed by atoms with Crippen LogP contribution in [0.5, 0.6) is 0 Å². The first kappa shape index (κ1) is 21.9. The second-order valence-corrected chi connectivity index (χ2v) is 8.90. The van der Waals surface area contributed by atoms with Crippen molar-refractivity contribution in [3.05, 3.63) is 68.3 Å². The molecule has 4 aromatic rings. The van der Waals surface area contributed by atoms with Crippen LogP contribution < -0.4 is 0 Å². The normalized spacial score (nSPS) is 11.7. The summed E-state index contributed by atoms with van der Waals surface area (Å²) in [5.41, 5.74) is 2.52. The number of halogens is 3. The molecule has 0 aliphatic heterocycles. The molecule has 0 atom stereocenters. The van der Waals surface area contributed by atoms with Crippen molar-refractivity contribution in [1.82, 2.24) is 0 Å². The lowest BCUT2D eigenvalue weighted by atomic mass is 10.2. The average molecular weight is 481 g/mol. The van der Waals surface area contributed by atoms with Crippen molar-refractivity contribution in [1.29, 1.82) is 5.41 Å². The van der Waals surface area contributed by atoms with Gasteiger partial charge in [0.2, 0.25) is 0 Å². The first-order valence-electron chi connectivity index (χ1n) is 8.49. The maximum Gasteiger partial charge on any atom is 0.0784 e. The number of hydrogen-bond acceptors (Lipinski definition) is 5. The maximum atomic E-state index is 8.08. The number of fused-ring (bicyclic) bond motifs is 2. The van der Waals surface area contributed by atoms with Gasteiger partial charge in [0.1, 0.15) is 0 Å². The summed E-state index contributed by atoms with van der Waals surface area (Å²) in [4.78, 5) is 8.79. The number of nitrogens with zero attached hydrogens (tertiary/aromatic N) is 2. The Labute approximate surface area is 192 Å². The summed E-state index contributed by atoms with van der Waals surface area (Å²) < 4.78 is 2.35. The van der Waals surface area contributed by atoms with E-state index in [1.807, 2.05) is 48.8 Å². The predicted octanol–water partition coefficient (Wildman–Crippen LogP) is 7.40. The van der Waals surface area contributed by atoms with Gasteiger partial charge < -0.3 is 5.41 Å². The fourth-order valence-electron chi connectivity index (χ4n) is 2.80. The van der Waals surface area contributed by atoms with E-state index >= 15 is 0 Å². The zero-order valence-electron chi connectivity index (χ0n) is 15.1. The molecule has 29 heavy (non-hydrogen) atoms. The van der Waals surface area contributed by atoms with Crippen molar-refractivity contribution in [2.75, 3.05) is 13.1 Å². The molecule has 4 rings (SSSR count). The Balaban J connectivity index is 0.00000240. The maximum absolute atomic E-state index is 8.08. The first-order chi connectivity index (χ1) is 13.6. The molecule has 148 valence electrons. The van der Waals surface area contributed by atoms with E-state index in [2.05, 4.69) is 20.7 Å². The highest BCUT2D eigenvalue weighted by atomic mass is 35.5. The summed E-state index contributed by atoms with van der Waals surface area (Å²) in [6.07, 6.45) is 3.61. The van der Waals surface area contributed by atoms with E-state index in [0.29, 0.717) is 28.8 Å². The van der Waals surface area contributed by atoms with Gasteiger partial charge in [-0.15, -0.1) is 35.1 Å². The van der Waals surface area contributed by atoms with E-state index in [-0.39, 0.29) is 12.4 Å². The van der Waals surface area contributed by atoms with Crippen molar-refractivity contribution in [2.45, 2.75) is 0 Å². The van der Waals surface area contributed by atoms with Gasteiger partial charge in [-0.1, -0.05) is 23.2 Å². The third kappa shape index (κ3) is 5.24. The van der Waals surface area contributed by atoms with Crippen molar-refractivity contribution in [2.24, 2.45) is 9.98 Å². The van der Waals surface area contributed by atoms with Gasteiger partial charge in [0.15, 0.2) is 0 Å². The van der Waals surface area contributed by atoms with E-state index in [9.17, 15) is 0 Å². The molecule has 0 amide bonds. The molecule has 0 spiro atoms. The molecule has 0 unspecified atom stereocenters. The van der Waals surface area contributed by atoms with Crippen molar-refractivity contribution in [3.63, 3.8) is 0 Å². The van der Waals surface area contributed by atoms with Crippen LogP contribution in [0.25, 0.3) is 20.2 Å². The smallest absolute Gasteiger partial charge is 0.0784 e. The Morgan fingerprint density at radius 3 is 1.72 bits per heavy atom. The second-order valence-electron chi connectivity index (χ2n) is 6.21. The van der Waals surface area contributed by atoms with Gasteiger partial charge in [-0.3, -0.25) is 9.98 Å². The molecule has 2 aromatic heterocycles. The average Bonchev–Trinajstić information content (AvgIpc) is 3.26. The minimum atomic E-state index is 0. The molecule has 3 nitrogen and oxygen atoms in total. The van der Waals surface area contributed by atoms with Crippen LogP contribution in [0.3, 0.4) is 0 Å². The van der Waals surface area contributed by atoms with Crippen molar-refractivity contribution < 1.29 is 0 Å². The number of nitrogens with one attached hydrogen (secondary N) is 1. The number of rotatable bonds is 6. The van der Waals surface area contributed by atoms with Gasteiger partial charge in [0.05, 0.1) is 18.8 Å². The van der Waals surface area contributed by atoms with Gasteiger partial charge in [-0.2, -0.15) is 0 Å². The molecule has 8 heteroatoms. The Bertz CT molecular complexity index is 1130. The van der Waals surface area contributed by atoms with Crippen LogP contribution in [0, 0.1) is 5.41 Å². The molecular weight excluding hydrogens is 465 g/mol. The molecule has 1 N–H and O–H groups in total. The quantitative estimate of drug-likeness (QED) is 0.279. The fourth-order valence-corrected chi connectivity index (χ4v) is 4.93. The Kier molecular flexibility index (Phi) is 7.44. The molecule has 0 bridgehead atoms. The van der Waals surface area contributed by atoms with Crippen LogP contribution in [0.15, 0.2) is 57.1 Å². The molecule has 2 heterocycles. The Morgan fingerprint density at radius 2 is 1.28 bits per heavy atom. The Hall–Kier alpha value is -1.76. The lowest BCUT2D eigenvalue weighted by molar-refractivity contribution is 1.17. The summed E-state index contributed by atoms with van der Waals surface area (Å²) in [5.74, 6) is 0. The van der Waals surface area contributed by atoms with Gasteiger partial charge in [-0.05, 0) is 36.4 Å². The van der Waals surface area contributed by atoms with Crippen LogP contribution in [0.1, 0.15) is 11.1 Å². The summed E-state index contributed by atoms with van der Waals surface area (Å²) in [7, 11) is 0. The molecule has 0 aliphatic carbocycles. The molecule has 0 fully saturated rings. The topological polar surface area (TPSA) is 48.6 Å². The monoisotopic (exact) mass is 479 g/mol. The summed E-state index contributed by atoms with van der Waals surface area (Å²) >= 11 is 15.5. The van der Waals surface area contributed by atoms with Crippen molar-refractivity contribution >= 4 is 96.6 Å². The van der Waals surface area contributed by atoms with E-state index in [0.717, 1.165) is 21.9 Å². The zero-order valence-corrected chi connectivity index (χ0v) is 19.0. The summed E-state index contributed by atoms with van der Waals surface area (Å²) in [5, 5.41) is 15.8. The third-order valence-corrected chi connectivity index (χ3v) is 6.59. The molecule has 0 radical (unpaired) electrons.